The van der Waals surface area contributed by atoms with Crippen LogP contribution in [0.5, 0.6) is 0 Å². The molecule has 15 heavy (non-hydrogen) atoms. The molecule has 4 nitrogen and oxygen atoms in total. The summed E-state index contributed by atoms with van der Waals surface area (Å²) in [5, 5.41) is 17.9. The minimum absolute atomic E-state index is 0.106. The van der Waals surface area contributed by atoms with Crippen molar-refractivity contribution >= 4 is 5.78 Å². The maximum atomic E-state index is 10.9. The van der Waals surface area contributed by atoms with E-state index in [2.05, 4.69) is 12.1 Å². The highest BCUT2D eigenvalue weighted by atomic mass is 16.1. The zero-order valence-corrected chi connectivity index (χ0v) is 8.94. The first-order valence-corrected chi connectivity index (χ1v) is 5.23. The number of carbonyl (C=O) groups is 1. The van der Waals surface area contributed by atoms with E-state index in [1.165, 1.54) is 6.92 Å². The van der Waals surface area contributed by atoms with Crippen molar-refractivity contribution < 1.29 is 4.79 Å². The summed E-state index contributed by atoms with van der Waals surface area (Å²) in [7, 11) is 0. The van der Waals surface area contributed by atoms with Gasteiger partial charge >= 0.3 is 0 Å². The van der Waals surface area contributed by atoms with Gasteiger partial charge in [-0.25, -0.2) is 0 Å². The number of piperidine rings is 1. The Morgan fingerprint density at radius 3 is 2.27 bits per heavy atom. The lowest BCUT2D eigenvalue weighted by Crippen LogP contribution is -2.46. The molecule has 0 aromatic carbocycles. The first-order chi connectivity index (χ1) is 7.19. The summed E-state index contributed by atoms with van der Waals surface area (Å²) in [6.45, 7) is 2.07. The molecular weight excluding hydrogens is 190 g/mol. The monoisotopic (exact) mass is 205 g/mol. The van der Waals surface area contributed by atoms with Gasteiger partial charge in [0.05, 0.1) is 24.2 Å². The SMILES string of the molecule is CC(=O)CCN1[C@H](C#N)CCC[C@H]1C#N. The standard InChI is InChI=1S/C11H15N3O/c1-9(15)5-6-14-10(7-12)3-2-4-11(14)8-13/h10-11H,2-6H2,1H3/t10-,11-/m0/s1. The number of hydrogen-bond acceptors (Lipinski definition) is 4. The van der Waals surface area contributed by atoms with E-state index in [4.69, 9.17) is 10.5 Å². The summed E-state index contributed by atoms with van der Waals surface area (Å²) in [5.74, 6) is 0.106. The molecular formula is C11H15N3O. The molecule has 1 fully saturated rings. The molecule has 0 aromatic rings. The van der Waals surface area contributed by atoms with Crippen molar-refractivity contribution in [3.8, 4) is 12.1 Å². The molecule has 1 heterocycles. The highest BCUT2D eigenvalue weighted by Gasteiger charge is 2.30. The zero-order valence-electron chi connectivity index (χ0n) is 8.94. The highest BCUT2D eigenvalue weighted by Crippen LogP contribution is 2.22. The molecule has 0 saturated carbocycles. The number of nitriles is 2. The Labute approximate surface area is 90.1 Å². The Balaban J connectivity index is 2.64. The van der Waals surface area contributed by atoms with Crippen molar-refractivity contribution in [2.45, 2.75) is 44.7 Å². The van der Waals surface area contributed by atoms with E-state index in [0.29, 0.717) is 13.0 Å². The third-order valence-electron chi connectivity index (χ3n) is 2.78. The van der Waals surface area contributed by atoms with Crippen molar-refractivity contribution in [3.63, 3.8) is 0 Å². The van der Waals surface area contributed by atoms with Crippen molar-refractivity contribution in [2.75, 3.05) is 6.54 Å². The van der Waals surface area contributed by atoms with Crippen molar-refractivity contribution in [3.05, 3.63) is 0 Å². The van der Waals surface area contributed by atoms with E-state index < -0.39 is 0 Å². The summed E-state index contributed by atoms with van der Waals surface area (Å²) in [4.78, 5) is 12.7. The molecule has 0 bridgehead atoms. The van der Waals surface area contributed by atoms with E-state index in [1.54, 1.807) is 0 Å². The summed E-state index contributed by atoms with van der Waals surface area (Å²) < 4.78 is 0. The van der Waals surface area contributed by atoms with Gasteiger partial charge in [0.1, 0.15) is 5.78 Å². The van der Waals surface area contributed by atoms with Gasteiger partial charge in [-0.3, -0.25) is 9.69 Å². The minimum Gasteiger partial charge on any atom is -0.300 e. The van der Waals surface area contributed by atoms with Crippen LogP contribution in [0.15, 0.2) is 0 Å². The van der Waals surface area contributed by atoms with Crippen LogP contribution in [0.3, 0.4) is 0 Å². The molecule has 0 aromatic heterocycles. The van der Waals surface area contributed by atoms with E-state index in [0.717, 1.165) is 19.3 Å². The second-order valence-corrected chi connectivity index (χ2v) is 3.91. The predicted octanol–water partition coefficient (Wildman–Crippen LogP) is 1.24. The van der Waals surface area contributed by atoms with E-state index in [1.807, 2.05) is 4.90 Å². The minimum atomic E-state index is -0.192. The molecule has 0 spiro atoms. The van der Waals surface area contributed by atoms with Gasteiger partial charge in [-0.15, -0.1) is 0 Å². The molecule has 1 aliphatic heterocycles. The van der Waals surface area contributed by atoms with Gasteiger partial charge in [-0.2, -0.15) is 10.5 Å². The van der Waals surface area contributed by atoms with Gasteiger partial charge in [0.25, 0.3) is 0 Å². The fourth-order valence-corrected chi connectivity index (χ4v) is 1.93. The van der Waals surface area contributed by atoms with Gasteiger partial charge in [0.15, 0.2) is 0 Å². The van der Waals surface area contributed by atoms with Crippen LogP contribution in [-0.4, -0.2) is 29.3 Å². The summed E-state index contributed by atoms with van der Waals surface area (Å²) in [5.41, 5.74) is 0. The number of ketones is 1. The van der Waals surface area contributed by atoms with Crippen LogP contribution in [0.25, 0.3) is 0 Å². The summed E-state index contributed by atoms with van der Waals surface area (Å²) in [6, 6.07) is 4.03. The molecule has 0 radical (unpaired) electrons. The summed E-state index contributed by atoms with van der Waals surface area (Å²) >= 11 is 0. The molecule has 2 atom stereocenters. The maximum absolute atomic E-state index is 10.9. The Bertz CT molecular complexity index is 291. The Kier molecular flexibility index (Phi) is 4.27. The van der Waals surface area contributed by atoms with Crippen LogP contribution in [0, 0.1) is 22.7 Å². The molecule has 4 heteroatoms. The van der Waals surface area contributed by atoms with Gasteiger partial charge in [-0.05, 0) is 26.2 Å². The van der Waals surface area contributed by atoms with Gasteiger partial charge in [-0.1, -0.05) is 0 Å². The molecule has 0 unspecified atom stereocenters. The number of Topliss-reactive ketones (excluding diaryl/α,β-unsaturated/α-hetero) is 1. The molecule has 0 amide bonds. The first kappa shape index (κ1) is 11.7. The van der Waals surface area contributed by atoms with Crippen molar-refractivity contribution in [1.29, 1.82) is 10.5 Å². The lowest BCUT2D eigenvalue weighted by atomic mass is 9.96. The zero-order chi connectivity index (χ0) is 11.3. The lowest BCUT2D eigenvalue weighted by Gasteiger charge is -2.34. The number of likely N-dealkylation sites (tertiary alicyclic amines) is 1. The lowest BCUT2D eigenvalue weighted by molar-refractivity contribution is -0.117. The maximum Gasteiger partial charge on any atom is 0.131 e. The molecule has 1 aliphatic rings. The van der Waals surface area contributed by atoms with Crippen molar-refractivity contribution in [2.24, 2.45) is 0 Å². The molecule has 0 N–H and O–H groups in total. The topological polar surface area (TPSA) is 67.9 Å². The van der Waals surface area contributed by atoms with Gasteiger partial charge in [0, 0.05) is 13.0 Å². The van der Waals surface area contributed by atoms with E-state index >= 15 is 0 Å². The van der Waals surface area contributed by atoms with E-state index in [9.17, 15) is 4.79 Å². The fraction of sp³-hybridized carbons (Fsp3) is 0.727. The molecule has 80 valence electrons. The number of nitrogens with zero attached hydrogens (tertiary/aromatic N) is 3. The fourth-order valence-electron chi connectivity index (χ4n) is 1.93. The van der Waals surface area contributed by atoms with Gasteiger partial charge < -0.3 is 0 Å². The first-order valence-electron chi connectivity index (χ1n) is 5.23. The third kappa shape index (κ3) is 3.04. The second kappa shape index (κ2) is 5.48. The molecule has 1 rings (SSSR count). The average Bonchev–Trinajstić information content (AvgIpc) is 2.25. The normalized spacial score (nSPS) is 26.6. The van der Waals surface area contributed by atoms with Crippen LogP contribution in [0.4, 0.5) is 0 Å². The largest absolute Gasteiger partial charge is 0.300 e. The Morgan fingerprint density at radius 1 is 1.33 bits per heavy atom. The average molecular weight is 205 g/mol. The predicted molar refractivity (Wildman–Crippen MR) is 54.7 cm³/mol. The van der Waals surface area contributed by atoms with E-state index in [-0.39, 0.29) is 17.9 Å². The molecule has 0 aliphatic carbocycles. The quantitative estimate of drug-likeness (QED) is 0.695. The third-order valence-corrected chi connectivity index (χ3v) is 2.78. The highest BCUT2D eigenvalue weighted by molar-refractivity contribution is 5.75. The van der Waals surface area contributed by atoms with Crippen LogP contribution < -0.4 is 0 Å². The summed E-state index contributed by atoms with van der Waals surface area (Å²) in [6.07, 6.45) is 2.97. The number of rotatable bonds is 3. The van der Waals surface area contributed by atoms with Crippen LogP contribution in [0.2, 0.25) is 0 Å². The second-order valence-electron chi connectivity index (χ2n) is 3.91. The smallest absolute Gasteiger partial charge is 0.131 e. The van der Waals surface area contributed by atoms with Crippen LogP contribution in [0.1, 0.15) is 32.6 Å². The Hall–Kier alpha value is -1.39. The van der Waals surface area contributed by atoms with Crippen molar-refractivity contribution in [1.82, 2.24) is 4.90 Å². The van der Waals surface area contributed by atoms with Crippen LogP contribution in [-0.2, 0) is 4.79 Å². The number of carbonyl (C=O) groups excluding carboxylic acids is 1. The van der Waals surface area contributed by atoms with Crippen LogP contribution >= 0.6 is 0 Å². The Morgan fingerprint density at radius 2 is 1.87 bits per heavy atom. The van der Waals surface area contributed by atoms with Gasteiger partial charge in [0.2, 0.25) is 0 Å². The molecule has 1 saturated heterocycles. The number of hydrogen-bond donors (Lipinski definition) is 0.